The lowest BCUT2D eigenvalue weighted by molar-refractivity contribution is -0.141. The molecule has 0 aliphatic heterocycles. The minimum Gasteiger partial charge on any atom is -0.480 e. The highest BCUT2D eigenvalue weighted by Crippen LogP contribution is 2.12. The van der Waals surface area contributed by atoms with Crippen LogP contribution in [-0.2, 0) is 19.2 Å². The molecule has 10 heteroatoms. The van der Waals surface area contributed by atoms with E-state index in [0.29, 0.717) is 6.54 Å². The molecule has 10 nitrogen and oxygen atoms in total. The van der Waals surface area contributed by atoms with Gasteiger partial charge in [0.15, 0.2) is 0 Å². The second kappa shape index (κ2) is 35.1. The average Bonchev–Trinajstić information content (AvgIpc) is 3.10. The number of carbonyl (C=O) groups is 4. The third-order valence-electron chi connectivity index (χ3n) is 7.12. The van der Waals surface area contributed by atoms with Crippen molar-refractivity contribution in [3.8, 4) is 95.4 Å². The van der Waals surface area contributed by atoms with Gasteiger partial charge in [0.25, 0.3) is 0 Å². The number of rotatable bonds is 26. The summed E-state index contributed by atoms with van der Waals surface area (Å²) < 4.78 is 0. The number of terminal acetylenes is 1. The number of carbonyl (C=O) groups excluding carboxylic acids is 2. The summed E-state index contributed by atoms with van der Waals surface area (Å²) in [5.41, 5.74) is 0. The summed E-state index contributed by atoms with van der Waals surface area (Å²) in [5.74, 6) is 30.4. The molecule has 0 aromatic heterocycles. The Balaban J connectivity index is 4.53. The SMILES string of the molecule is C#CC#CC#CC#CC#CC#CC#CC#CNC(=O)CN(CCN(CC(=O)O)CC(=O)NCCCCCCCCCCCCCCCC)CC(=O)O. The second-order valence-corrected chi connectivity index (χ2v) is 11.6. The Labute approximate surface area is 311 Å². The molecule has 0 saturated carbocycles. The number of unbranched alkanes of at least 4 members (excludes halogenated alkanes) is 13. The number of hydrogen-bond donors (Lipinski definition) is 4. The monoisotopic (exact) mass is 706 g/mol. The molecule has 0 aliphatic carbocycles. The van der Waals surface area contributed by atoms with E-state index in [9.17, 15) is 29.4 Å². The van der Waals surface area contributed by atoms with Crippen molar-refractivity contribution in [1.82, 2.24) is 20.4 Å². The fourth-order valence-electron chi connectivity index (χ4n) is 4.65. The fraction of sp³-hybridized carbons (Fsp3) is 0.524. The fourth-order valence-corrected chi connectivity index (χ4v) is 4.65. The van der Waals surface area contributed by atoms with Crippen LogP contribution in [0.4, 0.5) is 0 Å². The van der Waals surface area contributed by atoms with Gasteiger partial charge in [-0.1, -0.05) is 90.4 Å². The van der Waals surface area contributed by atoms with Crippen molar-refractivity contribution in [3.63, 3.8) is 0 Å². The minimum absolute atomic E-state index is 0.0277. The predicted octanol–water partition coefficient (Wildman–Crippen LogP) is 3.09. The van der Waals surface area contributed by atoms with Crippen LogP contribution in [0, 0.1) is 95.4 Å². The van der Waals surface area contributed by atoms with Crippen LogP contribution in [-0.4, -0.2) is 89.6 Å². The third-order valence-corrected chi connectivity index (χ3v) is 7.12. The van der Waals surface area contributed by atoms with Crippen molar-refractivity contribution < 1.29 is 29.4 Å². The van der Waals surface area contributed by atoms with Gasteiger partial charge in [-0.05, 0) is 47.9 Å². The zero-order valence-electron chi connectivity index (χ0n) is 30.3. The van der Waals surface area contributed by atoms with E-state index in [1.54, 1.807) is 0 Å². The van der Waals surface area contributed by atoms with E-state index in [2.05, 4.69) is 106 Å². The highest BCUT2D eigenvalue weighted by atomic mass is 16.4. The van der Waals surface area contributed by atoms with Gasteiger partial charge in [-0.2, -0.15) is 0 Å². The average molecular weight is 707 g/mol. The van der Waals surface area contributed by atoms with E-state index in [0.717, 1.165) is 19.3 Å². The Morgan fingerprint density at radius 2 is 0.865 bits per heavy atom. The maximum atomic E-state index is 12.5. The first-order chi connectivity index (χ1) is 25.3. The largest absolute Gasteiger partial charge is 0.480 e. The summed E-state index contributed by atoms with van der Waals surface area (Å²) in [6.07, 6.45) is 22.3. The molecule has 0 atom stereocenters. The summed E-state index contributed by atoms with van der Waals surface area (Å²) in [6.45, 7) is 1.46. The van der Waals surface area contributed by atoms with Crippen LogP contribution >= 0.6 is 0 Å². The number of hydrogen-bond acceptors (Lipinski definition) is 6. The van der Waals surface area contributed by atoms with Gasteiger partial charge < -0.3 is 15.5 Å². The normalized spacial score (nSPS) is 9.04. The number of carboxylic acid groups (broad SMARTS) is 2. The Morgan fingerprint density at radius 3 is 1.27 bits per heavy atom. The number of carboxylic acids is 2. The van der Waals surface area contributed by atoms with Crippen LogP contribution in [0.25, 0.3) is 0 Å². The highest BCUT2D eigenvalue weighted by molar-refractivity contribution is 5.81. The summed E-state index contributed by atoms with van der Waals surface area (Å²) in [7, 11) is 0. The van der Waals surface area contributed by atoms with E-state index < -0.39 is 30.9 Å². The molecule has 0 fully saturated rings. The molecule has 0 aromatic rings. The molecular formula is C42H50N4O6. The summed E-state index contributed by atoms with van der Waals surface area (Å²) in [6, 6.07) is 2.35. The third kappa shape index (κ3) is 34.2. The zero-order chi connectivity index (χ0) is 38.3. The molecule has 0 saturated heterocycles. The van der Waals surface area contributed by atoms with Gasteiger partial charge in [0.1, 0.15) is 0 Å². The molecule has 0 rings (SSSR count). The Hall–Kier alpha value is -5.72. The molecular weight excluding hydrogens is 656 g/mol. The molecule has 52 heavy (non-hydrogen) atoms. The van der Waals surface area contributed by atoms with E-state index in [1.165, 1.54) is 80.4 Å². The van der Waals surface area contributed by atoms with Crippen LogP contribution in [0.15, 0.2) is 0 Å². The molecule has 0 aliphatic rings. The molecule has 274 valence electrons. The number of aliphatic carboxylic acids is 2. The minimum atomic E-state index is -1.17. The maximum Gasteiger partial charge on any atom is 0.317 e. The topological polar surface area (TPSA) is 139 Å². The lowest BCUT2D eigenvalue weighted by Gasteiger charge is -2.24. The Bertz CT molecular complexity index is 1610. The van der Waals surface area contributed by atoms with Crippen molar-refractivity contribution in [2.45, 2.75) is 96.8 Å². The molecule has 0 aromatic carbocycles. The number of nitrogens with one attached hydrogen (secondary N) is 2. The van der Waals surface area contributed by atoms with Crippen LogP contribution in [0.1, 0.15) is 96.8 Å². The molecule has 0 bridgehead atoms. The first-order valence-corrected chi connectivity index (χ1v) is 17.7. The summed E-state index contributed by atoms with van der Waals surface area (Å²) in [5, 5.41) is 23.8. The van der Waals surface area contributed by atoms with Crippen LogP contribution in [0.5, 0.6) is 0 Å². The van der Waals surface area contributed by atoms with Gasteiger partial charge in [-0.3, -0.25) is 34.3 Å². The second-order valence-electron chi connectivity index (χ2n) is 11.6. The van der Waals surface area contributed by atoms with Gasteiger partial charge >= 0.3 is 11.9 Å². The maximum absolute atomic E-state index is 12.5. The van der Waals surface area contributed by atoms with Crippen molar-refractivity contribution in [1.29, 1.82) is 0 Å². The standard InChI is InChI=1S/C42H50N4O6/c1-3-5-7-9-11-13-15-17-19-21-23-25-27-29-31-43-39(47)35-45(37-41(49)50)33-34-46(38-42(51)52)36-40(48)44-32-30-28-26-24-22-20-18-16-14-12-10-8-6-4-2/h1H,4,6,8,10,12,14,16,18,20,22,24,26,28,30,32-38H2,2H3,(H,43,47)(H,44,48)(H,49,50)(H,51,52). The van der Waals surface area contributed by atoms with Crippen molar-refractivity contribution in [3.05, 3.63) is 0 Å². The van der Waals surface area contributed by atoms with Gasteiger partial charge in [0, 0.05) is 67.1 Å². The molecule has 0 spiro atoms. The van der Waals surface area contributed by atoms with Crippen LogP contribution in [0.2, 0.25) is 0 Å². The number of amides is 2. The predicted molar refractivity (Wildman–Crippen MR) is 203 cm³/mol. The molecule has 0 heterocycles. The first-order valence-electron chi connectivity index (χ1n) is 17.7. The van der Waals surface area contributed by atoms with E-state index >= 15 is 0 Å². The zero-order valence-corrected chi connectivity index (χ0v) is 30.3. The van der Waals surface area contributed by atoms with Crippen LogP contribution < -0.4 is 10.6 Å². The van der Waals surface area contributed by atoms with E-state index in [1.807, 2.05) is 0 Å². The Kier molecular flexibility index (Phi) is 31.3. The van der Waals surface area contributed by atoms with Crippen molar-refractivity contribution in [2.24, 2.45) is 0 Å². The van der Waals surface area contributed by atoms with Gasteiger partial charge in [0.05, 0.1) is 26.2 Å². The first kappa shape index (κ1) is 46.3. The molecule has 0 unspecified atom stereocenters. The smallest absolute Gasteiger partial charge is 0.317 e. The van der Waals surface area contributed by atoms with Crippen LogP contribution in [0.3, 0.4) is 0 Å². The Morgan fingerprint density at radius 1 is 0.500 bits per heavy atom. The quantitative estimate of drug-likeness (QED) is 0.0612. The van der Waals surface area contributed by atoms with Gasteiger partial charge in [-0.15, -0.1) is 6.42 Å². The van der Waals surface area contributed by atoms with Gasteiger partial charge in [-0.25, -0.2) is 0 Å². The summed E-state index contributed by atoms with van der Waals surface area (Å²) >= 11 is 0. The van der Waals surface area contributed by atoms with Crippen molar-refractivity contribution in [2.75, 3.05) is 45.8 Å². The molecule has 4 N–H and O–H groups in total. The van der Waals surface area contributed by atoms with Gasteiger partial charge in [0.2, 0.25) is 11.8 Å². The molecule has 2 amide bonds. The van der Waals surface area contributed by atoms with E-state index in [-0.39, 0.29) is 32.1 Å². The van der Waals surface area contributed by atoms with Crippen molar-refractivity contribution >= 4 is 23.8 Å². The highest BCUT2D eigenvalue weighted by Gasteiger charge is 2.18. The summed E-state index contributed by atoms with van der Waals surface area (Å²) in [4.78, 5) is 50.4. The van der Waals surface area contributed by atoms with E-state index in [4.69, 9.17) is 6.42 Å². The lowest BCUT2D eigenvalue weighted by Crippen LogP contribution is -2.46. The molecule has 0 radical (unpaired) electrons. The number of nitrogens with zero attached hydrogens (tertiary/aromatic N) is 2. The lowest BCUT2D eigenvalue weighted by atomic mass is 10.0.